The minimum absolute atomic E-state index is 0.405. The minimum Gasteiger partial charge on any atom is -0.0836 e. The highest BCUT2D eigenvalue weighted by Crippen LogP contribution is 2.32. The summed E-state index contributed by atoms with van der Waals surface area (Å²) in [5.74, 6) is 0.563. The Morgan fingerprint density at radius 3 is 2.17 bits per heavy atom. The summed E-state index contributed by atoms with van der Waals surface area (Å²) >= 11 is 7.28. The van der Waals surface area contributed by atoms with Crippen molar-refractivity contribution in [2.45, 2.75) is 18.2 Å². The van der Waals surface area contributed by atoms with Gasteiger partial charge in [0.25, 0.3) is 0 Å². The van der Waals surface area contributed by atoms with E-state index < -0.39 is 0 Å². The number of rotatable bonds is 4. The fourth-order valence-electron chi connectivity index (χ4n) is 2.06. The first-order valence-electron chi connectivity index (χ1n) is 6.10. The molecule has 0 N–H and O–H groups in total. The lowest BCUT2D eigenvalue weighted by Crippen LogP contribution is -2.07. The van der Waals surface area contributed by atoms with Crippen molar-refractivity contribution in [1.82, 2.24) is 0 Å². The second-order valence-electron chi connectivity index (χ2n) is 4.62. The number of benzene rings is 2. The van der Waals surface area contributed by atoms with Gasteiger partial charge in [0.2, 0.25) is 0 Å². The van der Waals surface area contributed by atoms with Gasteiger partial charge in [-0.05, 0) is 35.6 Å². The SMILES string of the molecule is CC(Cc1ccc(Br)cc1)C(Br)c1ccccc1. The molecular weight excluding hydrogens is 352 g/mol. The molecule has 2 unspecified atom stereocenters. The van der Waals surface area contributed by atoms with Gasteiger partial charge in [0, 0.05) is 9.30 Å². The molecule has 2 aromatic rings. The molecule has 0 bridgehead atoms. The van der Waals surface area contributed by atoms with Crippen LogP contribution in [0.25, 0.3) is 0 Å². The molecular formula is C16H16Br2. The molecule has 94 valence electrons. The van der Waals surface area contributed by atoms with Crippen LogP contribution >= 0.6 is 31.9 Å². The number of halogens is 2. The molecule has 2 aromatic carbocycles. The minimum atomic E-state index is 0.405. The molecule has 0 aliphatic rings. The maximum atomic E-state index is 3.81. The Balaban J connectivity index is 2.03. The predicted molar refractivity (Wildman–Crippen MR) is 85.1 cm³/mol. The highest BCUT2D eigenvalue weighted by Gasteiger charge is 2.16. The molecule has 2 heteroatoms. The van der Waals surface area contributed by atoms with Gasteiger partial charge in [-0.25, -0.2) is 0 Å². The van der Waals surface area contributed by atoms with Gasteiger partial charge in [-0.3, -0.25) is 0 Å². The largest absolute Gasteiger partial charge is 0.0836 e. The third-order valence-electron chi connectivity index (χ3n) is 3.09. The molecule has 0 saturated carbocycles. The van der Waals surface area contributed by atoms with Crippen molar-refractivity contribution < 1.29 is 0 Å². The Morgan fingerprint density at radius 2 is 1.56 bits per heavy atom. The summed E-state index contributed by atoms with van der Waals surface area (Å²) in [5.41, 5.74) is 2.73. The number of alkyl halides is 1. The Bertz CT molecular complexity index is 476. The van der Waals surface area contributed by atoms with Gasteiger partial charge in [0.15, 0.2) is 0 Å². The van der Waals surface area contributed by atoms with E-state index in [2.05, 4.69) is 93.4 Å². The molecule has 0 saturated heterocycles. The molecule has 0 aromatic heterocycles. The van der Waals surface area contributed by atoms with Crippen LogP contribution in [0.3, 0.4) is 0 Å². The molecule has 0 spiro atoms. The van der Waals surface area contributed by atoms with Crippen molar-refractivity contribution in [1.29, 1.82) is 0 Å². The normalized spacial score (nSPS) is 14.2. The van der Waals surface area contributed by atoms with Crippen LogP contribution in [0.15, 0.2) is 59.1 Å². The first-order valence-corrected chi connectivity index (χ1v) is 7.81. The third kappa shape index (κ3) is 3.69. The molecule has 0 aliphatic heterocycles. The van der Waals surface area contributed by atoms with Crippen LogP contribution in [0, 0.1) is 5.92 Å². The number of hydrogen-bond donors (Lipinski definition) is 0. The second-order valence-corrected chi connectivity index (χ2v) is 6.52. The molecule has 0 radical (unpaired) electrons. The van der Waals surface area contributed by atoms with E-state index in [1.165, 1.54) is 11.1 Å². The van der Waals surface area contributed by atoms with E-state index in [-0.39, 0.29) is 0 Å². The molecule has 18 heavy (non-hydrogen) atoms. The van der Waals surface area contributed by atoms with Gasteiger partial charge >= 0.3 is 0 Å². The molecule has 0 amide bonds. The third-order valence-corrected chi connectivity index (χ3v) is 5.05. The molecule has 0 nitrogen and oxygen atoms in total. The maximum absolute atomic E-state index is 3.81. The van der Waals surface area contributed by atoms with Crippen molar-refractivity contribution in [2.75, 3.05) is 0 Å². The predicted octanol–water partition coefficient (Wildman–Crippen LogP) is 5.76. The Kier molecular flexibility index (Phi) is 5.02. The second kappa shape index (κ2) is 6.53. The van der Waals surface area contributed by atoms with Gasteiger partial charge in [-0.2, -0.15) is 0 Å². The first-order chi connectivity index (χ1) is 8.66. The summed E-state index contributed by atoms with van der Waals surface area (Å²) in [4.78, 5) is 0.405. The van der Waals surface area contributed by atoms with E-state index in [0.29, 0.717) is 10.7 Å². The van der Waals surface area contributed by atoms with Crippen LogP contribution in [0.5, 0.6) is 0 Å². The Morgan fingerprint density at radius 1 is 0.944 bits per heavy atom. The average Bonchev–Trinajstić information content (AvgIpc) is 2.41. The highest BCUT2D eigenvalue weighted by molar-refractivity contribution is 9.10. The van der Waals surface area contributed by atoms with E-state index in [4.69, 9.17) is 0 Å². The van der Waals surface area contributed by atoms with Crippen LogP contribution in [-0.4, -0.2) is 0 Å². The summed E-state index contributed by atoms with van der Waals surface area (Å²) in [5, 5.41) is 0. The van der Waals surface area contributed by atoms with E-state index in [1.807, 2.05) is 0 Å². The topological polar surface area (TPSA) is 0 Å². The van der Waals surface area contributed by atoms with E-state index in [0.717, 1.165) is 10.9 Å². The van der Waals surface area contributed by atoms with Gasteiger partial charge < -0.3 is 0 Å². The van der Waals surface area contributed by atoms with Crippen molar-refractivity contribution in [3.05, 3.63) is 70.2 Å². The first kappa shape index (κ1) is 13.8. The van der Waals surface area contributed by atoms with Crippen molar-refractivity contribution in [3.63, 3.8) is 0 Å². The molecule has 0 heterocycles. The van der Waals surface area contributed by atoms with Crippen LogP contribution in [-0.2, 0) is 6.42 Å². The zero-order valence-electron chi connectivity index (χ0n) is 10.3. The fourth-order valence-corrected chi connectivity index (χ4v) is 2.82. The Hall–Kier alpha value is -0.600. The van der Waals surface area contributed by atoms with Crippen LogP contribution in [0.2, 0.25) is 0 Å². The lowest BCUT2D eigenvalue weighted by Gasteiger charge is -2.19. The zero-order chi connectivity index (χ0) is 13.0. The van der Waals surface area contributed by atoms with Gasteiger partial charge in [-0.15, -0.1) is 0 Å². The monoisotopic (exact) mass is 366 g/mol. The molecule has 0 aliphatic carbocycles. The average molecular weight is 368 g/mol. The summed E-state index contributed by atoms with van der Waals surface area (Å²) in [6.45, 7) is 2.29. The number of hydrogen-bond acceptors (Lipinski definition) is 0. The van der Waals surface area contributed by atoms with Gasteiger partial charge in [-0.1, -0.05) is 81.2 Å². The van der Waals surface area contributed by atoms with Gasteiger partial charge in [0.1, 0.15) is 0 Å². The van der Waals surface area contributed by atoms with E-state index >= 15 is 0 Å². The summed E-state index contributed by atoms with van der Waals surface area (Å²) in [7, 11) is 0. The quantitative estimate of drug-likeness (QED) is 0.602. The lowest BCUT2D eigenvalue weighted by atomic mass is 9.94. The molecule has 0 fully saturated rings. The van der Waals surface area contributed by atoms with E-state index in [9.17, 15) is 0 Å². The highest BCUT2D eigenvalue weighted by atomic mass is 79.9. The molecule has 2 rings (SSSR count). The Labute approximate surface area is 126 Å². The standard InChI is InChI=1S/C16H16Br2/c1-12(11-13-7-9-15(17)10-8-13)16(18)14-5-3-2-4-6-14/h2-10,12,16H,11H2,1H3. The zero-order valence-corrected chi connectivity index (χ0v) is 13.5. The van der Waals surface area contributed by atoms with Crippen molar-refractivity contribution in [3.8, 4) is 0 Å². The van der Waals surface area contributed by atoms with Gasteiger partial charge in [0.05, 0.1) is 0 Å². The van der Waals surface area contributed by atoms with Crippen LogP contribution in [0.4, 0.5) is 0 Å². The van der Waals surface area contributed by atoms with Crippen molar-refractivity contribution >= 4 is 31.9 Å². The maximum Gasteiger partial charge on any atom is 0.0424 e. The van der Waals surface area contributed by atoms with Crippen molar-refractivity contribution in [2.24, 2.45) is 5.92 Å². The summed E-state index contributed by atoms with van der Waals surface area (Å²) < 4.78 is 1.14. The lowest BCUT2D eigenvalue weighted by molar-refractivity contribution is 0.572. The smallest absolute Gasteiger partial charge is 0.0424 e. The fraction of sp³-hybridized carbons (Fsp3) is 0.250. The van der Waals surface area contributed by atoms with Crippen LogP contribution < -0.4 is 0 Å². The summed E-state index contributed by atoms with van der Waals surface area (Å²) in [6.07, 6.45) is 1.08. The van der Waals surface area contributed by atoms with E-state index in [1.54, 1.807) is 0 Å². The van der Waals surface area contributed by atoms with Crippen LogP contribution in [0.1, 0.15) is 22.9 Å². The summed E-state index contributed by atoms with van der Waals surface area (Å²) in [6, 6.07) is 19.2. The molecule has 2 atom stereocenters.